The minimum atomic E-state index is -4.85. The molecule has 0 atom stereocenters. The predicted octanol–water partition coefficient (Wildman–Crippen LogP) is 2.90. The van der Waals surface area contributed by atoms with Crippen LogP contribution < -0.4 is 20.1 Å². The summed E-state index contributed by atoms with van der Waals surface area (Å²) in [7, 11) is -3.90. The van der Waals surface area contributed by atoms with Crippen LogP contribution in [-0.2, 0) is 10.0 Å². The Kier molecular flexibility index (Phi) is 6.87. The summed E-state index contributed by atoms with van der Waals surface area (Å²) in [4.78, 5) is 3.79. The van der Waals surface area contributed by atoms with Gasteiger partial charge in [0.05, 0.1) is 16.8 Å². The van der Waals surface area contributed by atoms with Crippen molar-refractivity contribution >= 4 is 27.3 Å². The van der Waals surface area contributed by atoms with Crippen LogP contribution in [0.15, 0.2) is 65.8 Å². The number of anilines is 3. The van der Waals surface area contributed by atoms with Crippen LogP contribution in [0.1, 0.15) is 0 Å². The fourth-order valence-electron chi connectivity index (χ4n) is 2.36. The standard InChI is InChI=1S/C18H17F3N6O3S/c19-18(20,21)30-14-3-5-15(6-4-14)31(28,29)24-11-10-23-16-7-8-17(27-26-16)25-13-2-1-9-22-12-13/h1-9,12,24H,10-11H2,(H,23,26)(H,25,27). The average Bonchev–Trinajstić information content (AvgIpc) is 2.72. The molecule has 13 heteroatoms. The van der Waals surface area contributed by atoms with Crippen molar-refractivity contribution in [3.63, 3.8) is 0 Å². The van der Waals surface area contributed by atoms with E-state index in [4.69, 9.17) is 0 Å². The molecule has 0 saturated carbocycles. The maximum Gasteiger partial charge on any atom is 0.573 e. The van der Waals surface area contributed by atoms with E-state index >= 15 is 0 Å². The third-order valence-corrected chi connectivity index (χ3v) is 5.17. The summed E-state index contributed by atoms with van der Waals surface area (Å²) < 4.78 is 67.0. The van der Waals surface area contributed by atoms with E-state index in [9.17, 15) is 21.6 Å². The third kappa shape index (κ3) is 7.08. The number of benzene rings is 1. The molecular formula is C18H17F3N6O3S. The summed E-state index contributed by atoms with van der Waals surface area (Å²) in [6.45, 7) is 0.221. The molecule has 164 valence electrons. The molecular weight excluding hydrogens is 437 g/mol. The van der Waals surface area contributed by atoms with Crippen molar-refractivity contribution in [3.05, 3.63) is 60.9 Å². The number of alkyl halides is 3. The van der Waals surface area contributed by atoms with Crippen LogP contribution in [0.3, 0.4) is 0 Å². The van der Waals surface area contributed by atoms with Crippen LogP contribution in [0.25, 0.3) is 0 Å². The quantitative estimate of drug-likeness (QED) is 0.423. The van der Waals surface area contributed by atoms with Crippen molar-refractivity contribution in [2.45, 2.75) is 11.3 Å². The highest BCUT2D eigenvalue weighted by atomic mass is 32.2. The second kappa shape index (κ2) is 9.57. The van der Waals surface area contributed by atoms with Crippen molar-refractivity contribution in [2.24, 2.45) is 0 Å². The highest BCUT2D eigenvalue weighted by Crippen LogP contribution is 2.23. The maximum atomic E-state index is 12.2. The van der Waals surface area contributed by atoms with E-state index in [0.29, 0.717) is 11.6 Å². The van der Waals surface area contributed by atoms with Gasteiger partial charge in [-0.1, -0.05) is 0 Å². The molecule has 0 aliphatic carbocycles. The Morgan fingerprint density at radius 1 is 0.935 bits per heavy atom. The van der Waals surface area contributed by atoms with E-state index in [2.05, 4.69) is 35.3 Å². The lowest BCUT2D eigenvalue weighted by molar-refractivity contribution is -0.274. The number of hydrogen-bond donors (Lipinski definition) is 3. The Hall–Kier alpha value is -3.45. The Balaban J connectivity index is 1.46. The van der Waals surface area contributed by atoms with Crippen molar-refractivity contribution in [2.75, 3.05) is 23.7 Å². The van der Waals surface area contributed by atoms with Gasteiger partial charge in [0.2, 0.25) is 10.0 Å². The molecule has 0 bridgehead atoms. The first-order valence-electron chi connectivity index (χ1n) is 8.81. The zero-order valence-electron chi connectivity index (χ0n) is 15.8. The molecule has 2 heterocycles. The minimum Gasteiger partial charge on any atom is -0.406 e. The Labute approximate surface area is 175 Å². The van der Waals surface area contributed by atoms with Crippen molar-refractivity contribution in [1.82, 2.24) is 19.9 Å². The van der Waals surface area contributed by atoms with Crippen LogP contribution in [0.4, 0.5) is 30.5 Å². The second-order valence-corrected chi connectivity index (χ2v) is 7.78. The molecule has 0 unspecified atom stereocenters. The number of nitrogens with zero attached hydrogens (tertiary/aromatic N) is 3. The van der Waals surface area contributed by atoms with Crippen LogP contribution in [0.5, 0.6) is 5.75 Å². The van der Waals surface area contributed by atoms with Crippen LogP contribution in [0, 0.1) is 0 Å². The van der Waals surface area contributed by atoms with Gasteiger partial charge >= 0.3 is 6.36 Å². The smallest absolute Gasteiger partial charge is 0.406 e. The molecule has 0 aliphatic heterocycles. The maximum absolute atomic E-state index is 12.2. The number of aromatic nitrogens is 3. The second-order valence-electron chi connectivity index (χ2n) is 6.01. The predicted molar refractivity (Wildman–Crippen MR) is 106 cm³/mol. The fraction of sp³-hybridized carbons (Fsp3) is 0.167. The Bertz CT molecular complexity index is 1080. The van der Waals surface area contributed by atoms with Gasteiger partial charge in [-0.05, 0) is 48.5 Å². The number of rotatable bonds is 9. The van der Waals surface area contributed by atoms with E-state index in [1.54, 1.807) is 30.6 Å². The topological polar surface area (TPSA) is 118 Å². The zero-order chi connectivity index (χ0) is 22.3. The van der Waals surface area contributed by atoms with Gasteiger partial charge in [0.25, 0.3) is 0 Å². The lowest BCUT2D eigenvalue weighted by Crippen LogP contribution is -2.29. The van der Waals surface area contributed by atoms with Crippen LogP contribution >= 0.6 is 0 Å². The summed E-state index contributed by atoms with van der Waals surface area (Å²) in [6.07, 6.45) is -1.56. The Morgan fingerprint density at radius 3 is 2.26 bits per heavy atom. The molecule has 0 radical (unpaired) electrons. The average molecular weight is 454 g/mol. The highest BCUT2D eigenvalue weighted by Gasteiger charge is 2.31. The molecule has 31 heavy (non-hydrogen) atoms. The Morgan fingerprint density at radius 2 is 1.65 bits per heavy atom. The van der Waals surface area contributed by atoms with Crippen molar-refractivity contribution < 1.29 is 26.3 Å². The first-order chi connectivity index (χ1) is 14.7. The van der Waals surface area contributed by atoms with Gasteiger partial charge in [-0.2, -0.15) is 0 Å². The van der Waals surface area contributed by atoms with Gasteiger partial charge in [-0.25, -0.2) is 13.1 Å². The molecule has 0 saturated heterocycles. The zero-order valence-corrected chi connectivity index (χ0v) is 16.6. The molecule has 9 nitrogen and oxygen atoms in total. The molecule has 3 aromatic rings. The summed E-state index contributed by atoms with van der Waals surface area (Å²) >= 11 is 0. The normalized spacial score (nSPS) is 11.7. The minimum absolute atomic E-state index is 0.0144. The lowest BCUT2D eigenvalue weighted by Gasteiger charge is -2.11. The van der Waals surface area contributed by atoms with E-state index in [1.807, 2.05) is 6.07 Å². The number of sulfonamides is 1. The van der Waals surface area contributed by atoms with E-state index in [-0.39, 0.29) is 18.0 Å². The summed E-state index contributed by atoms with van der Waals surface area (Å²) in [5.41, 5.74) is 0.755. The molecule has 3 N–H and O–H groups in total. The summed E-state index contributed by atoms with van der Waals surface area (Å²) in [5.74, 6) is 0.440. The number of halogens is 3. The largest absolute Gasteiger partial charge is 0.573 e. The third-order valence-electron chi connectivity index (χ3n) is 3.69. The van der Waals surface area contributed by atoms with Gasteiger partial charge in [0, 0.05) is 19.3 Å². The van der Waals surface area contributed by atoms with E-state index in [0.717, 1.165) is 30.0 Å². The van der Waals surface area contributed by atoms with Gasteiger partial charge in [-0.15, -0.1) is 23.4 Å². The lowest BCUT2D eigenvalue weighted by atomic mass is 10.3. The first kappa shape index (κ1) is 22.2. The monoisotopic (exact) mass is 454 g/mol. The first-order valence-corrected chi connectivity index (χ1v) is 10.3. The number of ether oxygens (including phenoxy) is 1. The van der Waals surface area contributed by atoms with Crippen LogP contribution in [0.2, 0.25) is 0 Å². The van der Waals surface area contributed by atoms with Crippen molar-refractivity contribution in [3.8, 4) is 5.75 Å². The number of hydrogen-bond acceptors (Lipinski definition) is 8. The van der Waals surface area contributed by atoms with Gasteiger partial charge in [-0.3, -0.25) is 4.98 Å². The van der Waals surface area contributed by atoms with E-state index in [1.165, 1.54) is 0 Å². The molecule has 0 amide bonds. The van der Waals surface area contributed by atoms with Crippen molar-refractivity contribution in [1.29, 1.82) is 0 Å². The van der Waals surface area contributed by atoms with E-state index < -0.39 is 22.1 Å². The molecule has 0 aliphatic rings. The molecule has 3 rings (SSSR count). The van der Waals surface area contributed by atoms with Crippen LogP contribution in [-0.4, -0.2) is 43.1 Å². The fourth-order valence-corrected chi connectivity index (χ4v) is 3.39. The SMILES string of the molecule is O=S(=O)(NCCNc1ccc(Nc2cccnc2)nn1)c1ccc(OC(F)(F)F)cc1. The van der Waals surface area contributed by atoms with Gasteiger partial charge in [0.1, 0.15) is 11.6 Å². The van der Waals surface area contributed by atoms with Gasteiger partial charge in [0.15, 0.2) is 5.82 Å². The molecule has 2 aromatic heterocycles. The number of nitrogens with one attached hydrogen (secondary N) is 3. The summed E-state index contributed by atoms with van der Waals surface area (Å²) in [6, 6.07) is 10.9. The highest BCUT2D eigenvalue weighted by molar-refractivity contribution is 7.89. The van der Waals surface area contributed by atoms with Gasteiger partial charge < -0.3 is 15.4 Å². The summed E-state index contributed by atoms with van der Waals surface area (Å²) in [5, 5.41) is 13.9. The molecule has 1 aromatic carbocycles. The molecule has 0 fully saturated rings. The number of pyridine rings is 1. The molecule has 0 spiro atoms.